The smallest absolute Gasteiger partial charge is 0.340 e. The third-order valence-corrected chi connectivity index (χ3v) is 6.38. The Labute approximate surface area is 224 Å². The van der Waals surface area contributed by atoms with Gasteiger partial charge in [-0.05, 0) is 61.9 Å². The Bertz CT molecular complexity index is 1120. The molecule has 8 nitrogen and oxygen atoms in total. The molecular weight excluding hydrogens is 488 g/mol. The summed E-state index contributed by atoms with van der Waals surface area (Å²) >= 11 is 0. The standard InChI is InChI=1S/C30H38O8/c1-19(20(2)31)14-15-24(32)28-25(37-30(3,4)38-28)13-9-12-22-16-23(21-10-7-6-8-11-21)17-26(36-18-35-5)27(22)29(33)34/h6-12,14-17,19-20,24-25,28,31-32H,13,18H2,1-5H3,(H,33,34)/t19-,20+,24?,25+,28-/m1/s1. The number of aromatic carboxylic acids is 1. The van der Waals surface area contributed by atoms with E-state index in [0.29, 0.717) is 12.0 Å². The monoisotopic (exact) mass is 526 g/mol. The zero-order valence-electron chi connectivity index (χ0n) is 22.5. The maximum atomic E-state index is 12.2. The van der Waals surface area contributed by atoms with Crippen LogP contribution in [0.5, 0.6) is 5.75 Å². The fraction of sp³-hybridized carbons (Fsp3) is 0.433. The first-order valence-corrected chi connectivity index (χ1v) is 12.7. The van der Waals surface area contributed by atoms with Crippen molar-refractivity contribution in [1.29, 1.82) is 0 Å². The van der Waals surface area contributed by atoms with Crippen LogP contribution in [-0.4, -0.2) is 65.4 Å². The maximum Gasteiger partial charge on any atom is 0.340 e. The summed E-state index contributed by atoms with van der Waals surface area (Å²) in [4.78, 5) is 12.2. The van der Waals surface area contributed by atoms with Gasteiger partial charge in [-0.1, -0.05) is 61.6 Å². The fourth-order valence-corrected chi connectivity index (χ4v) is 4.25. The Kier molecular flexibility index (Phi) is 10.2. The number of rotatable bonds is 12. The molecule has 1 fully saturated rings. The fourth-order valence-electron chi connectivity index (χ4n) is 4.25. The summed E-state index contributed by atoms with van der Waals surface area (Å²) in [6.07, 6.45) is 4.69. The molecule has 1 aliphatic rings. The molecule has 0 saturated carbocycles. The average Bonchev–Trinajstić information content (AvgIpc) is 3.19. The highest BCUT2D eigenvalue weighted by atomic mass is 16.8. The lowest BCUT2D eigenvalue weighted by Crippen LogP contribution is -2.34. The Balaban J connectivity index is 1.89. The van der Waals surface area contributed by atoms with Crippen molar-refractivity contribution in [1.82, 2.24) is 0 Å². The first-order valence-electron chi connectivity index (χ1n) is 12.7. The Morgan fingerprint density at radius 2 is 1.79 bits per heavy atom. The molecule has 2 aromatic rings. The summed E-state index contributed by atoms with van der Waals surface area (Å²) in [5, 5.41) is 30.5. The quantitative estimate of drug-likeness (QED) is 0.265. The third-order valence-electron chi connectivity index (χ3n) is 6.38. The number of hydrogen-bond acceptors (Lipinski definition) is 7. The van der Waals surface area contributed by atoms with Crippen molar-refractivity contribution < 1.29 is 39.1 Å². The second-order valence-corrected chi connectivity index (χ2v) is 9.91. The van der Waals surface area contributed by atoms with Gasteiger partial charge in [0.1, 0.15) is 23.5 Å². The van der Waals surface area contributed by atoms with E-state index >= 15 is 0 Å². The highest BCUT2D eigenvalue weighted by Gasteiger charge is 2.43. The zero-order chi connectivity index (χ0) is 27.9. The summed E-state index contributed by atoms with van der Waals surface area (Å²) in [6, 6.07) is 13.1. The van der Waals surface area contributed by atoms with Gasteiger partial charge < -0.3 is 34.3 Å². The van der Waals surface area contributed by atoms with Crippen LogP contribution in [0.2, 0.25) is 0 Å². The molecule has 3 N–H and O–H groups in total. The number of carbonyl (C=O) groups is 1. The van der Waals surface area contributed by atoms with Gasteiger partial charge in [-0.2, -0.15) is 0 Å². The molecule has 0 amide bonds. The van der Waals surface area contributed by atoms with Crippen molar-refractivity contribution in [3.05, 3.63) is 71.8 Å². The minimum Gasteiger partial charge on any atom is -0.478 e. The van der Waals surface area contributed by atoms with Crippen molar-refractivity contribution in [3.63, 3.8) is 0 Å². The molecule has 206 valence electrons. The van der Waals surface area contributed by atoms with E-state index in [4.69, 9.17) is 18.9 Å². The molecule has 0 aliphatic carbocycles. The SMILES string of the molecule is COCOc1cc(-c2ccccc2)cc(C=CC[C@@H]2OC(C)(C)O[C@@H]2C(O)C=C[C@@H](C)[C@H](C)O)c1C(=O)O. The molecule has 8 heteroatoms. The molecule has 0 aromatic heterocycles. The zero-order valence-corrected chi connectivity index (χ0v) is 22.5. The van der Waals surface area contributed by atoms with Crippen LogP contribution in [0.25, 0.3) is 17.2 Å². The van der Waals surface area contributed by atoms with Gasteiger partial charge in [-0.25, -0.2) is 4.79 Å². The lowest BCUT2D eigenvalue weighted by atomic mass is 9.96. The molecule has 2 aromatic carbocycles. The van der Waals surface area contributed by atoms with Crippen LogP contribution in [0.1, 0.15) is 50.0 Å². The maximum absolute atomic E-state index is 12.2. The number of ether oxygens (including phenoxy) is 4. The summed E-state index contributed by atoms with van der Waals surface area (Å²) in [6.45, 7) is 7.02. The largest absolute Gasteiger partial charge is 0.478 e. The molecule has 0 spiro atoms. The number of aliphatic hydroxyl groups is 2. The van der Waals surface area contributed by atoms with E-state index in [9.17, 15) is 20.1 Å². The van der Waals surface area contributed by atoms with Crippen LogP contribution < -0.4 is 4.74 Å². The third kappa shape index (κ3) is 7.75. The molecule has 0 bridgehead atoms. The van der Waals surface area contributed by atoms with Crippen LogP contribution >= 0.6 is 0 Å². The first-order chi connectivity index (χ1) is 18.0. The second-order valence-electron chi connectivity index (χ2n) is 9.91. The molecule has 1 unspecified atom stereocenters. The highest BCUT2D eigenvalue weighted by Crippen LogP contribution is 2.34. The Morgan fingerprint density at radius 1 is 1.08 bits per heavy atom. The molecule has 38 heavy (non-hydrogen) atoms. The number of methoxy groups -OCH3 is 1. The van der Waals surface area contributed by atoms with Crippen molar-refractivity contribution in [2.45, 2.75) is 64.3 Å². The lowest BCUT2D eigenvalue weighted by Gasteiger charge is -2.20. The van der Waals surface area contributed by atoms with Crippen molar-refractivity contribution >= 4 is 12.0 Å². The molecule has 1 aliphatic heterocycles. The first kappa shape index (κ1) is 29.5. The molecule has 1 heterocycles. The minimum atomic E-state index is -1.12. The number of carboxylic acids is 1. The lowest BCUT2D eigenvalue weighted by molar-refractivity contribution is -0.152. The van der Waals surface area contributed by atoms with E-state index in [2.05, 4.69) is 0 Å². The minimum absolute atomic E-state index is 0.0218. The molecular formula is C30H38O8. The Morgan fingerprint density at radius 3 is 2.42 bits per heavy atom. The van der Waals surface area contributed by atoms with Gasteiger partial charge in [0, 0.05) is 7.11 Å². The predicted molar refractivity (Wildman–Crippen MR) is 145 cm³/mol. The topological polar surface area (TPSA) is 115 Å². The van der Waals surface area contributed by atoms with Crippen LogP contribution in [0, 0.1) is 5.92 Å². The van der Waals surface area contributed by atoms with E-state index in [0.717, 1.165) is 11.1 Å². The Hall–Kier alpha value is -3.01. The van der Waals surface area contributed by atoms with Crippen LogP contribution in [0.15, 0.2) is 60.7 Å². The number of carboxylic acid groups (broad SMARTS) is 1. The summed E-state index contributed by atoms with van der Waals surface area (Å²) in [5.41, 5.74) is 2.20. The van der Waals surface area contributed by atoms with Gasteiger partial charge in [-0.15, -0.1) is 0 Å². The molecule has 1 saturated heterocycles. The van der Waals surface area contributed by atoms with Crippen molar-refractivity contribution in [2.24, 2.45) is 5.92 Å². The summed E-state index contributed by atoms with van der Waals surface area (Å²) in [7, 11) is 1.47. The van der Waals surface area contributed by atoms with Crippen molar-refractivity contribution in [2.75, 3.05) is 13.9 Å². The average molecular weight is 527 g/mol. The van der Waals surface area contributed by atoms with Gasteiger partial charge in [0.15, 0.2) is 12.6 Å². The summed E-state index contributed by atoms with van der Waals surface area (Å²) in [5.74, 6) is -1.94. The van der Waals surface area contributed by atoms with E-state index in [-0.39, 0.29) is 24.0 Å². The van der Waals surface area contributed by atoms with Crippen LogP contribution in [0.4, 0.5) is 0 Å². The second kappa shape index (κ2) is 13.2. The van der Waals surface area contributed by atoms with Gasteiger partial charge in [0.2, 0.25) is 0 Å². The highest BCUT2D eigenvalue weighted by molar-refractivity contribution is 5.96. The molecule has 5 atom stereocenters. The number of hydrogen-bond donors (Lipinski definition) is 3. The van der Waals surface area contributed by atoms with E-state index in [1.807, 2.05) is 43.3 Å². The van der Waals surface area contributed by atoms with Gasteiger partial charge in [-0.3, -0.25) is 0 Å². The molecule has 0 radical (unpaired) electrons. The van der Waals surface area contributed by atoms with E-state index < -0.39 is 36.2 Å². The van der Waals surface area contributed by atoms with Gasteiger partial charge >= 0.3 is 5.97 Å². The van der Waals surface area contributed by atoms with E-state index in [1.165, 1.54) is 7.11 Å². The van der Waals surface area contributed by atoms with E-state index in [1.54, 1.807) is 51.1 Å². The van der Waals surface area contributed by atoms with Gasteiger partial charge in [0.25, 0.3) is 0 Å². The number of benzene rings is 2. The predicted octanol–water partition coefficient (Wildman–Crippen LogP) is 4.89. The number of aliphatic hydroxyl groups excluding tert-OH is 2. The van der Waals surface area contributed by atoms with Crippen LogP contribution in [-0.2, 0) is 14.2 Å². The normalized spacial score (nSPS) is 21.6. The van der Waals surface area contributed by atoms with Gasteiger partial charge in [0.05, 0.1) is 12.2 Å². The summed E-state index contributed by atoms with van der Waals surface area (Å²) < 4.78 is 22.7. The van der Waals surface area contributed by atoms with Crippen LogP contribution in [0.3, 0.4) is 0 Å². The molecule has 3 rings (SSSR count). The van der Waals surface area contributed by atoms with Crippen molar-refractivity contribution in [3.8, 4) is 16.9 Å².